The van der Waals surface area contributed by atoms with Crippen molar-refractivity contribution in [1.29, 1.82) is 0 Å². The number of rotatable bonds is 4. The Bertz CT molecular complexity index is 755. The fourth-order valence-corrected chi connectivity index (χ4v) is 3.25. The molecule has 1 aromatic carbocycles. The van der Waals surface area contributed by atoms with Crippen LogP contribution >= 0.6 is 34.2 Å². The number of halogens is 2. The van der Waals surface area contributed by atoms with Crippen molar-refractivity contribution >= 4 is 45.2 Å². The highest BCUT2D eigenvalue weighted by atomic mass is 127. The van der Waals surface area contributed by atoms with E-state index in [1.54, 1.807) is 0 Å². The molecular formula is C16H15ClIN3. The zero-order valence-electron chi connectivity index (χ0n) is 11.6. The van der Waals surface area contributed by atoms with Gasteiger partial charge < -0.3 is 4.57 Å². The van der Waals surface area contributed by atoms with E-state index >= 15 is 0 Å². The van der Waals surface area contributed by atoms with E-state index in [2.05, 4.69) is 57.3 Å². The van der Waals surface area contributed by atoms with Crippen molar-refractivity contribution in [2.24, 2.45) is 0 Å². The second kappa shape index (κ2) is 6.32. The molecule has 1 atom stereocenters. The third kappa shape index (κ3) is 2.92. The van der Waals surface area contributed by atoms with Crippen LogP contribution in [-0.4, -0.2) is 20.4 Å². The van der Waals surface area contributed by atoms with Gasteiger partial charge in [-0.1, -0.05) is 0 Å². The summed E-state index contributed by atoms with van der Waals surface area (Å²) in [7, 11) is 0. The van der Waals surface area contributed by atoms with Gasteiger partial charge in [0.1, 0.15) is 5.82 Å². The number of aryl methyl sites for hydroxylation is 1. The number of imidazole rings is 1. The highest BCUT2D eigenvalue weighted by Gasteiger charge is 2.17. The summed E-state index contributed by atoms with van der Waals surface area (Å²) >= 11 is 8.27. The Kier molecular flexibility index (Phi) is 4.45. The van der Waals surface area contributed by atoms with Gasteiger partial charge in [-0.25, -0.2) is 4.98 Å². The maximum atomic E-state index is 5.95. The third-order valence-corrected chi connectivity index (χ3v) is 4.48. The maximum absolute atomic E-state index is 5.95. The van der Waals surface area contributed by atoms with Crippen LogP contribution in [0.15, 0.2) is 42.7 Å². The molecule has 3 nitrogen and oxygen atoms in total. The zero-order chi connectivity index (χ0) is 14.8. The Labute approximate surface area is 142 Å². The average molecular weight is 412 g/mol. The summed E-state index contributed by atoms with van der Waals surface area (Å²) in [6.45, 7) is 2.19. The van der Waals surface area contributed by atoms with Crippen LogP contribution < -0.4 is 0 Å². The predicted octanol–water partition coefficient (Wildman–Crippen LogP) is 4.43. The van der Waals surface area contributed by atoms with E-state index in [0.717, 1.165) is 23.3 Å². The third-order valence-electron chi connectivity index (χ3n) is 3.62. The fourth-order valence-electron chi connectivity index (χ4n) is 2.61. The van der Waals surface area contributed by atoms with Crippen LogP contribution in [0.1, 0.15) is 24.4 Å². The van der Waals surface area contributed by atoms with Gasteiger partial charge in [0.25, 0.3) is 0 Å². The molecule has 3 aromatic rings. The SMILES string of the molecule is CC(c1ccncc1)n1c(CCCl)nc2cc(I)ccc21. The quantitative estimate of drug-likeness (QED) is 0.470. The molecule has 1 unspecified atom stereocenters. The van der Waals surface area contributed by atoms with Gasteiger partial charge in [-0.3, -0.25) is 4.98 Å². The highest BCUT2D eigenvalue weighted by Crippen LogP contribution is 2.27. The molecule has 21 heavy (non-hydrogen) atoms. The smallest absolute Gasteiger partial charge is 0.111 e. The van der Waals surface area contributed by atoms with Gasteiger partial charge >= 0.3 is 0 Å². The van der Waals surface area contributed by atoms with E-state index in [9.17, 15) is 0 Å². The lowest BCUT2D eigenvalue weighted by Gasteiger charge is -2.17. The van der Waals surface area contributed by atoms with E-state index in [0.29, 0.717) is 5.88 Å². The Morgan fingerprint density at radius 1 is 1.24 bits per heavy atom. The molecule has 0 saturated heterocycles. The van der Waals surface area contributed by atoms with Crippen LogP contribution in [0.25, 0.3) is 11.0 Å². The molecule has 0 fully saturated rings. The number of pyridine rings is 1. The minimum Gasteiger partial charge on any atom is -0.321 e. The van der Waals surface area contributed by atoms with E-state index in [1.165, 1.54) is 9.13 Å². The minimum atomic E-state index is 0.205. The van der Waals surface area contributed by atoms with Crippen molar-refractivity contribution in [3.63, 3.8) is 0 Å². The van der Waals surface area contributed by atoms with Crippen molar-refractivity contribution in [3.8, 4) is 0 Å². The monoisotopic (exact) mass is 411 g/mol. The zero-order valence-corrected chi connectivity index (χ0v) is 14.5. The number of aromatic nitrogens is 3. The van der Waals surface area contributed by atoms with Crippen LogP contribution in [0, 0.1) is 3.57 Å². The summed E-state index contributed by atoms with van der Waals surface area (Å²) < 4.78 is 3.47. The van der Waals surface area contributed by atoms with Crippen LogP contribution in [0.3, 0.4) is 0 Å². The molecule has 108 valence electrons. The molecule has 0 aliphatic heterocycles. The summed E-state index contributed by atoms with van der Waals surface area (Å²) in [5, 5.41) is 0. The van der Waals surface area contributed by atoms with Gasteiger partial charge in [-0.05, 0) is 65.4 Å². The molecule has 0 spiro atoms. The number of alkyl halides is 1. The molecule has 0 radical (unpaired) electrons. The Hall–Kier alpha value is -1.14. The Balaban J connectivity index is 2.17. The molecule has 5 heteroatoms. The first-order chi connectivity index (χ1) is 10.2. The lowest BCUT2D eigenvalue weighted by atomic mass is 10.1. The molecule has 0 bridgehead atoms. The summed E-state index contributed by atoms with van der Waals surface area (Å²) in [4.78, 5) is 8.86. The van der Waals surface area contributed by atoms with Gasteiger partial charge in [-0.15, -0.1) is 11.6 Å². The second-order valence-corrected chi connectivity index (χ2v) is 6.55. The van der Waals surface area contributed by atoms with Gasteiger partial charge in [0.15, 0.2) is 0 Å². The molecule has 0 aliphatic rings. The maximum Gasteiger partial charge on any atom is 0.111 e. The predicted molar refractivity (Wildman–Crippen MR) is 94.9 cm³/mol. The number of fused-ring (bicyclic) bond motifs is 1. The van der Waals surface area contributed by atoms with Gasteiger partial charge in [-0.2, -0.15) is 0 Å². The number of benzene rings is 1. The molecule has 3 rings (SSSR count). The van der Waals surface area contributed by atoms with Crippen molar-refractivity contribution < 1.29 is 0 Å². The lowest BCUT2D eigenvalue weighted by molar-refractivity contribution is 0.623. The highest BCUT2D eigenvalue weighted by molar-refractivity contribution is 14.1. The van der Waals surface area contributed by atoms with E-state index in [4.69, 9.17) is 16.6 Å². The molecule has 2 aromatic heterocycles. The lowest BCUT2D eigenvalue weighted by Crippen LogP contribution is -2.11. The molecule has 0 aliphatic carbocycles. The second-order valence-electron chi connectivity index (χ2n) is 4.93. The van der Waals surface area contributed by atoms with Crippen LogP contribution in [0.2, 0.25) is 0 Å². The fraction of sp³-hybridized carbons (Fsp3) is 0.250. The van der Waals surface area contributed by atoms with Gasteiger partial charge in [0.2, 0.25) is 0 Å². The normalized spacial score (nSPS) is 12.7. The first-order valence-corrected chi connectivity index (χ1v) is 8.44. The van der Waals surface area contributed by atoms with Crippen molar-refractivity contribution in [3.05, 3.63) is 57.7 Å². The summed E-state index contributed by atoms with van der Waals surface area (Å²) in [6, 6.07) is 10.7. The number of hydrogen-bond acceptors (Lipinski definition) is 2. The van der Waals surface area contributed by atoms with E-state index in [1.807, 2.05) is 24.5 Å². The summed E-state index contributed by atoms with van der Waals surface area (Å²) in [5.41, 5.74) is 3.40. The standard InChI is InChI=1S/C16H15ClIN3/c1-11(12-5-8-19-9-6-12)21-15-3-2-13(18)10-14(15)20-16(21)4-7-17/h2-3,5-6,8-11H,4,7H2,1H3. The van der Waals surface area contributed by atoms with Gasteiger partial charge in [0.05, 0.1) is 17.1 Å². The number of hydrogen-bond donors (Lipinski definition) is 0. The molecule has 2 heterocycles. The first-order valence-electron chi connectivity index (χ1n) is 6.83. The molecular weight excluding hydrogens is 397 g/mol. The molecule has 0 amide bonds. The largest absolute Gasteiger partial charge is 0.321 e. The first kappa shape index (κ1) is 14.8. The number of nitrogens with zero attached hydrogens (tertiary/aromatic N) is 3. The van der Waals surface area contributed by atoms with E-state index in [-0.39, 0.29) is 6.04 Å². The summed E-state index contributed by atoms with van der Waals surface area (Å²) in [5.74, 6) is 1.61. The Morgan fingerprint density at radius 2 is 2.00 bits per heavy atom. The van der Waals surface area contributed by atoms with Crippen molar-refractivity contribution in [2.75, 3.05) is 5.88 Å². The van der Waals surface area contributed by atoms with E-state index < -0.39 is 0 Å². The van der Waals surface area contributed by atoms with Crippen LogP contribution in [-0.2, 0) is 6.42 Å². The van der Waals surface area contributed by atoms with Crippen LogP contribution in [0.5, 0.6) is 0 Å². The van der Waals surface area contributed by atoms with Crippen molar-refractivity contribution in [2.45, 2.75) is 19.4 Å². The topological polar surface area (TPSA) is 30.7 Å². The Morgan fingerprint density at radius 3 is 2.71 bits per heavy atom. The van der Waals surface area contributed by atoms with Crippen LogP contribution in [0.4, 0.5) is 0 Å². The average Bonchev–Trinajstić information content (AvgIpc) is 2.85. The van der Waals surface area contributed by atoms with Gasteiger partial charge in [0, 0.05) is 28.3 Å². The minimum absolute atomic E-state index is 0.205. The molecule has 0 N–H and O–H groups in total. The summed E-state index contributed by atoms with van der Waals surface area (Å²) in [6.07, 6.45) is 4.42. The molecule has 0 saturated carbocycles. The van der Waals surface area contributed by atoms with Crippen molar-refractivity contribution in [1.82, 2.24) is 14.5 Å².